The summed E-state index contributed by atoms with van der Waals surface area (Å²) in [6.07, 6.45) is 3.71. The minimum Gasteiger partial charge on any atom is -0.490 e. The molecule has 0 spiro atoms. The zero-order valence-electron chi connectivity index (χ0n) is 15.6. The molecule has 2 aromatic carbocycles. The van der Waals surface area contributed by atoms with Gasteiger partial charge in [0.1, 0.15) is 0 Å². The number of hydrogen-bond acceptors (Lipinski definition) is 3. The van der Waals surface area contributed by atoms with E-state index in [0.29, 0.717) is 25.4 Å². The molecular weight excluding hydrogens is 328 g/mol. The van der Waals surface area contributed by atoms with Gasteiger partial charge in [-0.05, 0) is 43.0 Å². The van der Waals surface area contributed by atoms with E-state index >= 15 is 0 Å². The summed E-state index contributed by atoms with van der Waals surface area (Å²) in [6, 6.07) is 15.0. The first-order valence-corrected chi connectivity index (χ1v) is 9.32. The van der Waals surface area contributed by atoms with E-state index in [0.717, 1.165) is 36.1 Å². The van der Waals surface area contributed by atoms with Crippen LogP contribution in [0.3, 0.4) is 0 Å². The largest absolute Gasteiger partial charge is 0.490 e. The average molecular weight is 356 g/mol. The van der Waals surface area contributed by atoms with Crippen molar-refractivity contribution in [1.29, 1.82) is 0 Å². The highest BCUT2D eigenvalue weighted by Crippen LogP contribution is 2.31. The van der Waals surface area contributed by atoms with E-state index in [1.807, 2.05) is 55.5 Å². The Kier molecular flexibility index (Phi) is 8.00. The zero-order valence-corrected chi connectivity index (χ0v) is 15.6. The van der Waals surface area contributed by atoms with Gasteiger partial charge >= 0.3 is 5.97 Å². The minimum absolute atomic E-state index is 0.412. The third kappa shape index (κ3) is 5.80. The number of carbonyl (C=O) groups is 1. The van der Waals surface area contributed by atoms with Crippen molar-refractivity contribution < 1.29 is 19.4 Å². The van der Waals surface area contributed by atoms with Crippen molar-refractivity contribution in [2.75, 3.05) is 13.2 Å². The SMILES string of the molecule is CCCCCOc1ccc(CC(C(=O)O)c2ccccc2)cc1OCC. The molecule has 4 heteroatoms. The lowest BCUT2D eigenvalue weighted by Gasteiger charge is -2.16. The Bertz CT molecular complexity index is 682. The van der Waals surface area contributed by atoms with E-state index in [9.17, 15) is 9.90 Å². The van der Waals surface area contributed by atoms with Crippen LogP contribution in [0.4, 0.5) is 0 Å². The van der Waals surface area contributed by atoms with Crippen molar-refractivity contribution in [3.63, 3.8) is 0 Å². The van der Waals surface area contributed by atoms with E-state index in [1.165, 1.54) is 0 Å². The Hall–Kier alpha value is -2.49. The third-order valence-corrected chi connectivity index (χ3v) is 4.25. The molecule has 0 fully saturated rings. The van der Waals surface area contributed by atoms with Gasteiger partial charge in [0.15, 0.2) is 11.5 Å². The highest BCUT2D eigenvalue weighted by atomic mass is 16.5. The predicted molar refractivity (Wildman–Crippen MR) is 103 cm³/mol. The molecule has 1 N–H and O–H groups in total. The summed E-state index contributed by atoms with van der Waals surface area (Å²) >= 11 is 0. The molecule has 0 aromatic heterocycles. The molecule has 4 nitrogen and oxygen atoms in total. The lowest BCUT2D eigenvalue weighted by atomic mass is 9.92. The highest BCUT2D eigenvalue weighted by molar-refractivity contribution is 5.76. The van der Waals surface area contributed by atoms with Crippen LogP contribution in [-0.2, 0) is 11.2 Å². The van der Waals surface area contributed by atoms with Crippen molar-refractivity contribution in [2.24, 2.45) is 0 Å². The van der Waals surface area contributed by atoms with Crippen molar-refractivity contribution in [3.05, 3.63) is 59.7 Å². The summed E-state index contributed by atoms with van der Waals surface area (Å²) in [5, 5.41) is 9.63. The van der Waals surface area contributed by atoms with Crippen molar-refractivity contribution in [3.8, 4) is 11.5 Å². The highest BCUT2D eigenvalue weighted by Gasteiger charge is 2.21. The number of rotatable bonds is 11. The average Bonchev–Trinajstić information content (AvgIpc) is 2.65. The van der Waals surface area contributed by atoms with Crippen LogP contribution >= 0.6 is 0 Å². The Morgan fingerprint density at radius 1 is 1.00 bits per heavy atom. The van der Waals surface area contributed by atoms with Gasteiger partial charge in [0.25, 0.3) is 0 Å². The van der Waals surface area contributed by atoms with E-state index in [1.54, 1.807) is 0 Å². The molecule has 1 atom stereocenters. The van der Waals surface area contributed by atoms with Gasteiger partial charge in [-0.2, -0.15) is 0 Å². The van der Waals surface area contributed by atoms with Gasteiger partial charge in [-0.25, -0.2) is 0 Å². The second-order valence-corrected chi connectivity index (χ2v) is 6.28. The monoisotopic (exact) mass is 356 g/mol. The van der Waals surface area contributed by atoms with Crippen LogP contribution in [0.2, 0.25) is 0 Å². The molecule has 26 heavy (non-hydrogen) atoms. The number of carboxylic acids is 1. The van der Waals surface area contributed by atoms with Gasteiger partial charge < -0.3 is 14.6 Å². The number of benzene rings is 2. The van der Waals surface area contributed by atoms with Gasteiger partial charge in [-0.1, -0.05) is 56.2 Å². The summed E-state index contributed by atoms with van der Waals surface area (Å²) < 4.78 is 11.6. The third-order valence-electron chi connectivity index (χ3n) is 4.25. The van der Waals surface area contributed by atoms with Gasteiger partial charge in [0, 0.05) is 0 Å². The standard InChI is InChI=1S/C22H28O4/c1-3-5-9-14-26-20-13-12-17(16-21(20)25-4-2)15-19(22(23)24)18-10-7-6-8-11-18/h6-8,10-13,16,19H,3-5,9,14-15H2,1-2H3,(H,23,24). The van der Waals surface area contributed by atoms with Gasteiger partial charge in [-0.15, -0.1) is 0 Å². The lowest BCUT2D eigenvalue weighted by molar-refractivity contribution is -0.138. The van der Waals surface area contributed by atoms with Crippen LogP contribution in [0.5, 0.6) is 11.5 Å². The Balaban J connectivity index is 2.15. The molecule has 140 valence electrons. The molecule has 2 rings (SSSR count). The lowest BCUT2D eigenvalue weighted by Crippen LogP contribution is -2.14. The molecule has 0 aliphatic carbocycles. The minimum atomic E-state index is -0.825. The topological polar surface area (TPSA) is 55.8 Å². The number of unbranched alkanes of at least 4 members (excludes halogenated alkanes) is 2. The maximum Gasteiger partial charge on any atom is 0.311 e. The second-order valence-electron chi connectivity index (χ2n) is 6.28. The molecule has 1 unspecified atom stereocenters. The fraction of sp³-hybridized carbons (Fsp3) is 0.409. The summed E-state index contributed by atoms with van der Waals surface area (Å²) in [4.78, 5) is 11.7. The Morgan fingerprint density at radius 3 is 2.42 bits per heavy atom. The van der Waals surface area contributed by atoms with Crippen LogP contribution in [0.1, 0.15) is 50.2 Å². The normalized spacial score (nSPS) is 11.8. The molecule has 0 aliphatic heterocycles. The van der Waals surface area contributed by atoms with E-state index in [-0.39, 0.29) is 0 Å². The molecule has 0 bridgehead atoms. The summed E-state index contributed by atoms with van der Waals surface area (Å²) in [6.45, 7) is 5.29. The quantitative estimate of drug-likeness (QED) is 0.571. The molecule has 0 heterocycles. The van der Waals surface area contributed by atoms with Crippen LogP contribution in [0.15, 0.2) is 48.5 Å². The maximum absolute atomic E-state index is 11.7. The van der Waals surface area contributed by atoms with E-state index in [4.69, 9.17) is 9.47 Å². The number of hydrogen-bond donors (Lipinski definition) is 1. The van der Waals surface area contributed by atoms with E-state index < -0.39 is 11.9 Å². The molecule has 0 saturated carbocycles. The van der Waals surface area contributed by atoms with Gasteiger partial charge in [0.05, 0.1) is 19.1 Å². The molecule has 0 radical (unpaired) electrons. The van der Waals surface area contributed by atoms with Crippen LogP contribution in [0, 0.1) is 0 Å². The number of carboxylic acid groups (broad SMARTS) is 1. The first-order valence-electron chi connectivity index (χ1n) is 9.32. The molecular formula is C22H28O4. The Labute approximate surface area is 155 Å². The van der Waals surface area contributed by atoms with E-state index in [2.05, 4.69) is 6.92 Å². The first-order chi connectivity index (χ1) is 12.7. The van der Waals surface area contributed by atoms with Crippen LogP contribution in [0.25, 0.3) is 0 Å². The van der Waals surface area contributed by atoms with Gasteiger partial charge in [-0.3, -0.25) is 4.79 Å². The fourth-order valence-corrected chi connectivity index (χ4v) is 2.87. The number of aliphatic carboxylic acids is 1. The van der Waals surface area contributed by atoms with Crippen molar-refractivity contribution in [1.82, 2.24) is 0 Å². The molecule has 2 aromatic rings. The summed E-state index contributed by atoms with van der Waals surface area (Å²) in [5.74, 6) is -0.00645. The second kappa shape index (κ2) is 10.5. The van der Waals surface area contributed by atoms with Crippen molar-refractivity contribution >= 4 is 5.97 Å². The van der Waals surface area contributed by atoms with Gasteiger partial charge in [0.2, 0.25) is 0 Å². The Morgan fingerprint density at radius 2 is 1.77 bits per heavy atom. The van der Waals surface area contributed by atoms with Crippen LogP contribution in [-0.4, -0.2) is 24.3 Å². The summed E-state index contributed by atoms with van der Waals surface area (Å²) in [5.41, 5.74) is 1.73. The summed E-state index contributed by atoms with van der Waals surface area (Å²) in [7, 11) is 0. The first kappa shape index (κ1) is 19.8. The molecule has 0 amide bonds. The fourth-order valence-electron chi connectivity index (χ4n) is 2.87. The van der Waals surface area contributed by atoms with Crippen molar-refractivity contribution in [2.45, 2.75) is 45.4 Å². The maximum atomic E-state index is 11.7. The molecule has 0 aliphatic rings. The zero-order chi connectivity index (χ0) is 18.8. The predicted octanol–water partition coefficient (Wildman–Crippen LogP) is 5.07. The molecule has 0 saturated heterocycles. The van der Waals surface area contributed by atoms with Crippen LogP contribution < -0.4 is 9.47 Å². The smallest absolute Gasteiger partial charge is 0.311 e. The number of ether oxygens (including phenoxy) is 2.